The molecule has 0 saturated heterocycles. The van der Waals surface area contributed by atoms with E-state index in [4.69, 9.17) is 9.84 Å². The highest BCUT2D eigenvalue weighted by Gasteiger charge is 2.06. The summed E-state index contributed by atoms with van der Waals surface area (Å²) in [6.07, 6.45) is 20.3. The number of nitrogens with one attached hydrogen (secondary N) is 1. The third-order valence-corrected chi connectivity index (χ3v) is 5.03. The molecule has 3 nitrogen and oxygen atoms in total. The molecule has 0 saturated carbocycles. The molecule has 2 unspecified atom stereocenters. The molecule has 0 spiro atoms. The first-order valence-corrected chi connectivity index (χ1v) is 11.1. The first kappa shape index (κ1) is 24.9. The van der Waals surface area contributed by atoms with Crippen LogP contribution < -0.4 is 5.32 Å². The molecule has 25 heavy (non-hydrogen) atoms. The molecule has 0 heterocycles. The van der Waals surface area contributed by atoms with Gasteiger partial charge >= 0.3 is 0 Å². The zero-order valence-corrected chi connectivity index (χ0v) is 17.5. The predicted octanol–water partition coefficient (Wildman–Crippen LogP) is 5.84. The van der Waals surface area contributed by atoms with Gasteiger partial charge in [0.25, 0.3) is 0 Å². The van der Waals surface area contributed by atoms with Crippen molar-refractivity contribution in [2.24, 2.45) is 0 Å². The zero-order chi connectivity index (χ0) is 18.6. The maximum absolute atomic E-state index is 9.17. The highest BCUT2D eigenvalue weighted by atomic mass is 16.5. The molecule has 0 bridgehead atoms. The van der Waals surface area contributed by atoms with Gasteiger partial charge in [-0.15, -0.1) is 0 Å². The number of hydrogen-bond donors (Lipinski definition) is 2. The molecule has 0 radical (unpaired) electrons. The van der Waals surface area contributed by atoms with E-state index in [0.29, 0.717) is 12.6 Å². The predicted molar refractivity (Wildman–Crippen MR) is 110 cm³/mol. The van der Waals surface area contributed by atoms with Crippen molar-refractivity contribution in [3.8, 4) is 0 Å². The fourth-order valence-corrected chi connectivity index (χ4v) is 3.32. The van der Waals surface area contributed by atoms with Crippen LogP contribution in [-0.4, -0.2) is 37.5 Å². The minimum absolute atomic E-state index is 0.353. The second-order valence-corrected chi connectivity index (χ2v) is 7.73. The molecule has 0 aromatic carbocycles. The Hall–Kier alpha value is -0.120. The lowest BCUT2D eigenvalue weighted by molar-refractivity contribution is 0.0420. The number of aliphatic hydroxyl groups is 1. The first-order valence-electron chi connectivity index (χ1n) is 11.1. The number of unbranched alkanes of at least 4 members (excludes halogenated alkanes) is 12. The number of ether oxygens (including phenoxy) is 1. The van der Waals surface area contributed by atoms with Gasteiger partial charge in [-0.3, -0.25) is 0 Å². The molecule has 0 aromatic rings. The van der Waals surface area contributed by atoms with E-state index in [1.54, 1.807) is 6.92 Å². The second kappa shape index (κ2) is 20.2. The summed E-state index contributed by atoms with van der Waals surface area (Å²) >= 11 is 0. The molecular weight excluding hydrogens is 310 g/mol. The van der Waals surface area contributed by atoms with Gasteiger partial charge in [0.2, 0.25) is 0 Å². The number of hydrogen-bond acceptors (Lipinski definition) is 3. The molecule has 0 aliphatic rings. The summed E-state index contributed by atoms with van der Waals surface area (Å²) in [5, 5.41) is 12.6. The first-order chi connectivity index (χ1) is 12.2. The van der Waals surface area contributed by atoms with Crippen LogP contribution in [0.5, 0.6) is 0 Å². The topological polar surface area (TPSA) is 41.5 Å². The standard InChI is InChI=1S/C22H47NO2/c1-4-5-6-7-8-9-10-11-12-13-14-15-16-17-22(23-3)18-19-25-20-21(2)24/h21-24H,4-20H2,1-3H3. The SMILES string of the molecule is CCCCCCCCCCCCCCCC(CCOCC(C)O)NC. The summed E-state index contributed by atoms with van der Waals surface area (Å²) in [6, 6.07) is 0.557. The molecule has 0 fully saturated rings. The number of aliphatic hydroxyl groups excluding tert-OH is 1. The van der Waals surface area contributed by atoms with Gasteiger partial charge in [0.1, 0.15) is 0 Å². The Balaban J connectivity index is 3.24. The Labute approximate surface area is 158 Å². The Morgan fingerprint density at radius 2 is 1.24 bits per heavy atom. The Bertz CT molecular complexity index is 246. The van der Waals surface area contributed by atoms with Gasteiger partial charge in [0.15, 0.2) is 0 Å². The van der Waals surface area contributed by atoms with E-state index in [2.05, 4.69) is 12.2 Å². The van der Waals surface area contributed by atoms with Gasteiger partial charge in [-0.25, -0.2) is 0 Å². The summed E-state index contributed by atoms with van der Waals surface area (Å²) in [5.74, 6) is 0. The Kier molecular flexibility index (Phi) is 20.1. The van der Waals surface area contributed by atoms with E-state index in [0.717, 1.165) is 13.0 Å². The van der Waals surface area contributed by atoms with Gasteiger partial charge < -0.3 is 15.2 Å². The molecule has 0 rings (SSSR count). The quantitative estimate of drug-likeness (QED) is 0.269. The highest BCUT2D eigenvalue weighted by Crippen LogP contribution is 2.14. The summed E-state index contributed by atoms with van der Waals surface area (Å²) in [5.41, 5.74) is 0. The van der Waals surface area contributed by atoms with Crippen LogP contribution in [0.15, 0.2) is 0 Å². The molecule has 0 amide bonds. The minimum Gasteiger partial charge on any atom is -0.391 e. The molecule has 0 aromatic heterocycles. The van der Waals surface area contributed by atoms with E-state index in [1.165, 1.54) is 89.9 Å². The lowest BCUT2D eigenvalue weighted by atomic mass is 10.0. The lowest BCUT2D eigenvalue weighted by Crippen LogP contribution is -2.27. The summed E-state index contributed by atoms with van der Waals surface area (Å²) < 4.78 is 5.46. The summed E-state index contributed by atoms with van der Waals surface area (Å²) in [6.45, 7) is 5.25. The molecule has 152 valence electrons. The van der Waals surface area contributed by atoms with Crippen molar-refractivity contribution in [3.05, 3.63) is 0 Å². The molecule has 2 N–H and O–H groups in total. The van der Waals surface area contributed by atoms with Gasteiger partial charge in [0.05, 0.1) is 12.7 Å². The van der Waals surface area contributed by atoms with E-state index < -0.39 is 0 Å². The van der Waals surface area contributed by atoms with Gasteiger partial charge in [-0.1, -0.05) is 90.4 Å². The third-order valence-electron chi connectivity index (χ3n) is 5.03. The van der Waals surface area contributed by atoms with Crippen molar-refractivity contribution in [1.82, 2.24) is 5.32 Å². The molecule has 3 heteroatoms. The van der Waals surface area contributed by atoms with Crippen LogP contribution in [0.2, 0.25) is 0 Å². The van der Waals surface area contributed by atoms with Crippen LogP contribution in [0, 0.1) is 0 Å². The van der Waals surface area contributed by atoms with E-state index >= 15 is 0 Å². The Morgan fingerprint density at radius 1 is 0.760 bits per heavy atom. The fraction of sp³-hybridized carbons (Fsp3) is 1.00. The molecular formula is C22H47NO2. The van der Waals surface area contributed by atoms with E-state index in [-0.39, 0.29) is 6.10 Å². The maximum Gasteiger partial charge on any atom is 0.0745 e. The van der Waals surface area contributed by atoms with Gasteiger partial charge in [-0.2, -0.15) is 0 Å². The monoisotopic (exact) mass is 357 g/mol. The van der Waals surface area contributed by atoms with Gasteiger partial charge in [0, 0.05) is 12.6 Å². The van der Waals surface area contributed by atoms with Crippen molar-refractivity contribution in [1.29, 1.82) is 0 Å². The van der Waals surface area contributed by atoms with Gasteiger partial charge in [-0.05, 0) is 26.8 Å². The van der Waals surface area contributed by atoms with Crippen LogP contribution in [-0.2, 0) is 4.74 Å². The average molecular weight is 358 g/mol. The average Bonchev–Trinajstić information content (AvgIpc) is 2.60. The lowest BCUT2D eigenvalue weighted by Gasteiger charge is -2.16. The summed E-state index contributed by atoms with van der Waals surface area (Å²) in [4.78, 5) is 0. The van der Waals surface area contributed by atoms with Crippen molar-refractivity contribution < 1.29 is 9.84 Å². The minimum atomic E-state index is -0.353. The molecule has 0 aliphatic heterocycles. The maximum atomic E-state index is 9.17. The number of rotatable bonds is 20. The van der Waals surface area contributed by atoms with Crippen LogP contribution in [0.4, 0.5) is 0 Å². The van der Waals surface area contributed by atoms with Crippen molar-refractivity contribution in [2.45, 2.75) is 122 Å². The largest absolute Gasteiger partial charge is 0.391 e. The van der Waals surface area contributed by atoms with Crippen molar-refractivity contribution in [3.63, 3.8) is 0 Å². The molecule has 0 aliphatic carbocycles. The fourth-order valence-electron chi connectivity index (χ4n) is 3.32. The molecule has 2 atom stereocenters. The third kappa shape index (κ3) is 20.0. The zero-order valence-electron chi connectivity index (χ0n) is 17.5. The van der Waals surface area contributed by atoms with Crippen molar-refractivity contribution >= 4 is 0 Å². The smallest absolute Gasteiger partial charge is 0.0745 e. The van der Waals surface area contributed by atoms with Crippen LogP contribution >= 0.6 is 0 Å². The van der Waals surface area contributed by atoms with Crippen LogP contribution in [0.3, 0.4) is 0 Å². The van der Waals surface area contributed by atoms with E-state index in [9.17, 15) is 0 Å². The second-order valence-electron chi connectivity index (χ2n) is 7.73. The normalized spacial score (nSPS) is 13.9. The van der Waals surface area contributed by atoms with E-state index in [1.807, 2.05) is 7.05 Å². The highest BCUT2D eigenvalue weighted by molar-refractivity contribution is 4.64. The Morgan fingerprint density at radius 3 is 1.68 bits per heavy atom. The summed E-state index contributed by atoms with van der Waals surface area (Å²) in [7, 11) is 2.04. The van der Waals surface area contributed by atoms with Crippen LogP contribution in [0.25, 0.3) is 0 Å². The van der Waals surface area contributed by atoms with Crippen molar-refractivity contribution in [2.75, 3.05) is 20.3 Å². The van der Waals surface area contributed by atoms with Crippen LogP contribution in [0.1, 0.15) is 110 Å².